The molecule has 16 heavy (non-hydrogen) atoms. The second-order valence-electron chi connectivity index (χ2n) is 4.43. The third-order valence-electron chi connectivity index (χ3n) is 2.62. The molecule has 1 atom stereocenters. The average Bonchev–Trinajstić information content (AvgIpc) is 2.25. The highest BCUT2D eigenvalue weighted by atomic mass is 16.5. The summed E-state index contributed by atoms with van der Waals surface area (Å²) in [5, 5.41) is 2.93. The maximum absolute atomic E-state index is 11.9. The van der Waals surface area contributed by atoms with Crippen molar-refractivity contribution in [3.8, 4) is 0 Å². The smallest absolute Gasteiger partial charge is 0.239 e. The summed E-state index contributed by atoms with van der Waals surface area (Å²) in [7, 11) is 0. The minimum absolute atomic E-state index is 0.0618. The number of carbonyl (C=O) groups excluding carboxylic acids is 1. The van der Waals surface area contributed by atoms with Gasteiger partial charge in [0.15, 0.2) is 0 Å². The molecule has 1 unspecified atom stereocenters. The van der Waals surface area contributed by atoms with E-state index in [9.17, 15) is 4.79 Å². The lowest BCUT2D eigenvalue weighted by molar-refractivity contribution is -0.133. The standard InChI is InChI=1S/C11H23N3O2/c1-9(2)13-11(15)10-8-16-7-6-14(10)5-3-4-12/h9-10H,3-8,12H2,1-2H3,(H,13,15). The maximum Gasteiger partial charge on any atom is 0.239 e. The van der Waals surface area contributed by atoms with E-state index in [4.69, 9.17) is 10.5 Å². The summed E-state index contributed by atoms with van der Waals surface area (Å²) in [5.74, 6) is 0.0618. The van der Waals surface area contributed by atoms with E-state index in [1.165, 1.54) is 0 Å². The molecule has 5 nitrogen and oxygen atoms in total. The molecular formula is C11H23N3O2. The first-order valence-electron chi connectivity index (χ1n) is 5.97. The molecule has 0 aliphatic carbocycles. The van der Waals surface area contributed by atoms with Gasteiger partial charge in [-0.15, -0.1) is 0 Å². The summed E-state index contributed by atoms with van der Waals surface area (Å²) in [6.45, 7) is 7.47. The minimum Gasteiger partial charge on any atom is -0.378 e. The van der Waals surface area contributed by atoms with E-state index < -0.39 is 0 Å². The topological polar surface area (TPSA) is 67.6 Å². The molecule has 0 aromatic rings. The van der Waals surface area contributed by atoms with Crippen molar-refractivity contribution in [2.75, 3.05) is 32.8 Å². The average molecular weight is 229 g/mol. The summed E-state index contributed by atoms with van der Waals surface area (Å²) < 4.78 is 5.36. The normalized spacial score (nSPS) is 22.4. The SMILES string of the molecule is CC(C)NC(=O)C1COCCN1CCCN. The zero-order valence-electron chi connectivity index (χ0n) is 10.2. The van der Waals surface area contributed by atoms with Gasteiger partial charge in [-0.05, 0) is 26.8 Å². The van der Waals surface area contributed by atoms with Crippen molar-refractivity contribution in [1.29, 1.82) is 0 Å². The van der Waals surface area contributed by atoms with Gasteiger partial charge < -0.3 is 15.8 Å². The lowest BCUT2D eigenvalue weighted by atomic mass is 10.2. The zero-order valence-corrected chi connectivity index (χ0v) is 10.2. The molecule has 0 saturated carbocycles. The second kappa shape index (κ2) is 6.83. The maximum atomic E-state index is 11.9. The molecule has 5 heteroatoms. The molecule has 0 aromatic carbocycles. The highest BCUT2D eigenvalue weighted by Gasteiger charge is 2.28. The third-order valence-corrected chi connectivity index (χ3v) is 2.62. The molecule has 0 radical (unpaired) electrons. The highest BCUT2D eigenvalue weighted by molar-refractivity contribution is 5.82. The van der Waals surface area contributed by atoms with Crippen LogP contribution >= 0.6 is 0 Å². The molecule has 0 aromatic heterocycles. The van der Waals surface area contributed by atoms with Crippen LogP contribution in [0.2, 0.25) is 0 Å². The fourth-order valence-corrected chi connectivity index (χ4v) is 1.82. The van der Waals surface area contributed by atoms with Gasteiger partial charge in [0.2, 0.25) is 5.91 Å². The van der Waals surface area contributed by atoms with Crippen LogP contribution in [-0.4, -0.2) is 55.7 Å². The Morgan fingerprint density at radius 2 is 2.38 bits per heavy atom. The van der Waals surface area contributed by atoms with Crippen molar-refractivity contribution in [2.45, 2.75) is 32.4 Å². The number of hydrogen-bond acceptors (Lipinski definition) is 4. The van der Waals surface area contributed by atoms with E-state index in [1.54, 1.807) is 0 Å². The van der Waals surface area contributed by atoms with Crippen molar-refractivity contribution in [3.63, 3.8) is 0 Å². The molecular weight excluding hydrogens is 206 g/mol. The molecule has 1 fully saturated rings. The number of nitrogens with one attached hydrogen (secondary N) is 1. The summed E-state index contributed by atoms with van der Waals surface area (Å²) >= 11 is 0. The monoisotopic (exact) mass is 229 g/mol. The first-order valence-corrected chi connectivity index (χ1v) is 5.97. The van der Waals surface area contributed by atoms with E-state index in [2.05, 4.69) is 10.2 Å². The van der Waals surface area contributed by atoms with Gasteiger partial charge in [0.1, 0.15) is 6.04 Å². The quantitative estimate of drug-likeness (QED) is 0.671. The number of carbonyl (C=O) groups is 1. The van der Waals surface area contributed by atoms with Crippen molar-refractivity contribution in [2.24, 2.45) is 5.73 Å². The van der Waals surface area contributed by atoms with Crippen LogP contribution in [0, 0.1) is 0 Å². The van der Waals surface area contributed by atoms with Gasteiger partial charge in [-0.25, -0.2) is 0 Å². The van der Waals surface area contributed by atoms with Crippen LogP contribution in [0.5, 0.6) is 0 Å². The first kappa shape index (κ1) is 13.4. The highest BCUT2D eigenvalue weighted by Crippen LogP contribution is 2.07. The van der Waals surface area contributed by atoms with Gasteiger partial charge in [0, 0.05) is 19.1 Å². The van der Waals surface area contributed by atoms with Crippen LogP contribution in [0.25, 0.3) is 0 Å². The lowest BCUT2D eigenvalue weighted by Gasteiger charge is -2.34. The molecule has 0 bridgehead atoms. The zero-order chi connectivity index (χ0) is 12.0. The molecule has 1 aliphatic heterocycles. The third kappa shape index (κ3) is 4.08. The summed E-state index contributed by atoms with van der Waals surface area (Å²) in [4.78, 5) is 14.1. The predicted molar refractivity (Wildman–Crippen MR) is 63.1 cm³/mol. The van der Waals surface area contributed by atoms with E-state index in [-0.39, 0.29) is 18.0 Å². The molecule has 3 N–H and O–H groups in total. The largest absolute Gasteiger partial charge is 0.378 e. The Hall–Kier alpha value is -0.650. The Morgan fingerprint density at radius 3 is 3.00 bits per heavy atom. The van der Waals surface area contributed by atoms with Gasteiger partial charge in [-0.3, -0.25) is 9.69 Å². The van der Waals surface area contributed by atoms with Crippen LogP contribution < -0.4 is 11.1 Å². The number of nitrogens with zero attached hydrogens (tertiary/aromatic N) is 1. The summed E-state index contributed by atoms with van der Waals surface area (Å²) in [6.07, 6.45) is 0.922. The van der Waals surface area contributed by atoms with Crippen LogP contribution in [0.1, 0.15) is 20.3 Å². The van der Waals surface area contributed by atoms with Gasteiger partial charge in [-0.1, -0.05) is 0 Å². The minimum atomic E-state index is -0.150. The second-order valence-corrected chi connectivity index (χ2v) is 4.43. The van der Waals surface area contributed by atoms with Crippen LogP contribution in [-0.2, 0) is 9.53 Å². The van der Waals surface area contributed by atoms with E-state index >= 15 is 0 Å². The number of rotatable bonds is 5. The number of morpholine rings is 1. The molecule has 1 saturated heterocycles. The predicted octanol–water partition coefficient (Wildman–Crippen LogP) is -0.439. The van der Waals surface area contributed by atoms with Crippen molar-refractivity contribution >= 4 is 5.91 Å². The Balaban J connectivity index is 2.48. The van der Waals surface area contributed by atoms with E-state index in [0.29, 0.717) is 19.8 Å². The van der Waals surface area contributed by atoms with Gasteiger partial charge in [0.05, 0.1) is 13.2 Å². The lowest BCUT2D eigenvalue weighted by Crippen LogP contribution is -2.55. The van der Waals surface area contributed by atoms with Crippen LogP contribution in [0.15, 0.2) is 0 Å². The van der Waals surface area contributed by atoms with Gasteiger partial charge in [-0.2, -0.15) is 0 Å². The fraction of sp³-hybridized carbons (Fsp3) is 0.909. The molecule has 1 amide bonds. The van der Waals surface area contributed by atoms with Crippen molar-refractivity contribution in [1.82, 2.24) is 10.2 Å². The number of ether oxygens (including phenoxy) is 1. The molecule has 1 aliphatic rings. The van der Waals surface area contributed by atoms with E-state index in [0.717, 1.165) is 19.5 Å². The molecule has 94 valence electrons. The fourth-order valence-electron chi connectivity index (χ4n) is 1.82. The Morgan fingerprint density at radius 1 is 1.62 bits per heavy atom. The molecule has 0 spiro atoms. The summed E-state index contributed by atoms with van der Waals surface area (Å²) in [5.41, 5.74) is 5.49. The summed E-state index contributed by atoms with van der Waals surface area (Å²) in [6, 6.07) is 0.0217. The molecule has 1 heterocycles. The van der Waals surface area contributed by atoms with Gasteiger partial charge in [0.25, 0.3) is 0 Å². The number of amides is 1. The number of nitrogens with two attached hydrogens (primary N) is 1. The Bertz CT molecular complexity index is 221. The Labute approximate surface area is 97.3 Å². The van der Waals surface area contributed by atoms with Gasteiger partial charge >= 0.3 is 0 Å². The first-order chi connectivity index (χ1) is 7.65. The Kier molecular flexibility index (Phi) is 5.73. The van der Waals surface area contributed by atoms with Crippen molar-refractivity contribution < 1.29 is 9.53 Å². The van der Waals surface area contributed by atoms with E-state index in [1.807, 2.05) is 13.8 Å². The number of hydrogen-bond donors (Lipinski definition) is 2. The van der Waals surface area contributed by atoms with Crippen molar-refractivity contribution in [3.05, 3.63) is 0 Å². The van der Waals surface area contributed by atoms with Crippen LogP contribution in [0.4, 0.5) is 0 Å². The molecule has 1 rings (SSSR count). The van der Waals surface area contributed by atoms with Crippen LogP contribution in [0.3, 0.4) is 0 Å².